The van der Waals surface area contributed by atoms with Gasteiger partial charge in [0.1, 0.15) is 17.2 Å². The number of rotatable bonds is 4. The van der Waals surface area contributed by atoms with Crippen molar-refractivity contribution in [3.8, 4) is 0 Å². The molecule has 2 nitrogen and oxygen atoms in total. The van der Waals surface area contributed by atoms with E-state index in [1.54, 1.807) is 6.92 Å². The van der Waals surface area contributed by atoms with E-state index in [-0.39, 0.29) is 6.42 Å². The van der Waals surface area contributed by atoms with Crippen LogP contribution in [0, 0.1) is 11.6 Å². The lowest BCUT2D eigenvalue weighted by Gasteiger charge is -2.26. The summed E-state index contributed by atoms with van der Waals surface area (Å²) < 4.78 is 26.7. The van der Waals surface area contributed by atoms with Crippen molar-refractivity contribution in [1.82, 2.24) is 4.98 Å². The zero-order valence-corrected chi connectivity index (χ0v) is 11.7. The number of benzene rings is 1. The van der Waals surface area contributed by atoms with E-state index < -0.39 is 17.2 Å². The molecule has 1 heterocycles. The fourth-order valence-corrected chi connectivity index (χ4v) is 2.24. The van der Waals surface area contributed by atoms with Gasteiger partial charge in [-0.25, -0.2) is 8.78 Å². The summed E-state index contributed by atoms with van der Waals surface area (Å²) in [6.07, 6.45) is 1.37. The van der Waals surface area contributed by atoms with Crippen molar-refractivity contribution in [2.75, 3.05) is 0 Å². The molecule has 0 amide bonds. The lowest BCUT2D eigenvalue weighted by atomic mass is 9.88. The third kappa shape index (κ3) is 3.14. The van der Waals surface area contributed by atoms with Gasteiger partial charge in [-0.1, -0.05) is 18.5 Å². The lowest BCUT2D eigenvalue weighted by Crippen LogP contribution is -2.29. The van der Waals surface area contributed by atoms with E-state index in [1.807, 2.05) is 0 Å². The van der Waals surface area contributed by atoms with Crippen LogP contribution in [0.15, 0.2) is 36.5 Å². The van der Waals surface area contributed by atoms with Crippen molar-refractivity contribution in [1.29, 1.82) is 0 Å². The molecule has 5 heteroatoms. The highest BCUT2D eigenvalue weighted by molar-refractivity contribution is 6.30. The van der Waals surface area contributed by atoms with Gasteiger partial charge in [0.05, 0.1) is 11.9 Å². The molecule has 1 aromatic heterocycles. The number of nitrogens with zero attached hydrogens (tertiary/aromatic N) is 1. The first-order chi connectivity index (χ1) is 9.44. The van der Waals surface area contributed by atoms with Gasteiger partial charge in [-0.15, -0.1) is 0 Å². The Hall–Kier alpha value is -1.52. The molecule has 20 heavy (non-hydrogen) atoms. The molecule has 0 bridgehead atoms. The van der Waals surface area contributed by atoms with Crippen LogP contribution in [-0.4, -0.2) is 10.1 Å². The molecule has 1 aromatic carbocycles. The van der Waals surface area contributed by atoms with Gasteiger partial charge in [-0.05, 0) is 42.3 Å². The Bertz CT molecular complexity index is 603. The van der Waals surface area contributed by atoms with Crippen LogP contribution in [0.5, 0.6) is 0 Å². The molecule has 0 saturated heterocycles. The second-order valence-electron chi connectivity index (χ2n) is 4.66. The zero-order valence-electron chi connectivity index (χ0n) is 10.9. The number of pyridine rings is 1. The summed E-state index contributed by atoms with van der Waals surface area (Å²) in [6, 6.07) is 6.80. The van der Waals surface area contributed by atoms with Gasteiger partial charge in [0, 0.05) is 11.4 Å². The summed E-state index contributed by atoms with van der Waals surface area (Å²) in [5, 5.41) is 11.1. The lowest BCUT2D eigenvalue weighted by molar-refractivity contribution is 0.0274. The van der Waals surface area contributed by atoms with Crippen LogP contribution < -0.4 is 0 Å². The van der Waals surface area contributed by atoms with Crippen LogP contribution in [-0.2, 0) is 12.0 Å². The molecule has 0 spiro atoms. The fourth-order valence-electron chi connectivity index (χ4n) is 2.04. The van der Waals surface area contributed by atoms with Crippen LogP contribution in [0.25, 0.3) is 0 Å². The van der Waals surface area contributed by atoms with Crippen LogP contribution >= 0.6 is 11.6 Å². The summed E-state index contributed by atoms with van der Waals surface area (Å²) in [6.45, 7) is 1.76. The van der Waals surface area contributed by atoms with Gasteiger partial charge in [-0.2, -0.15) is 0 Å². The number of aromatic nitrogens is 1. The number of hydrogen-bond acceptors (Lipinski definition) is 2. The zero-order chi connectivity index (χ0) is 14.8. The summed E-state index contributed by atoms with van der Waals surface area (Å²) in [5.74, 6) is -0.926. The van der Waals surface area contributed by atoms with Gasteiger partial charge >= 0.3 is 0 Å². The van der Waals surface area contributed by atoms with Crippen LogP contribution in [0.4, 0.5) is 8.78 Å². The van der Waals surface area contributed by atoms with E-state index in [1.165, 1.54) is 30.3 Å². The third-order valence-electron chi connectivity index (χ3n) is 3.28. The SMILES string of the molecule is CCC(O)(Cc1cc(Cl)ccc1F)c1ccc(F)cn1. The Morgan fingerprint density at radius 1 is 1.25 bits per heavy atom. The largest absolute Gasteiger partial charge is 0.383 e. The fraction of sp³-hybridized carbons (Fsp3) is 0.267. The molecule has 2 aromatic rings. The molecule has 2 rings (SSSR count). The highest BCUT2D eigenvalue weighted by Crippen LogP contribution is 2.29. The minimum atomic E-state index is -1.36. The maximum absolute atomic E-state index is 13.8. The first-order valence-electron chi connectivity index (χ1n) is 6.23. The van der Waals surface area contributed by atoms with Crippen molar-refractivity contribution >= 4 is 11.6 Å². The maximum atomic E-state index is 13.8. The monoisotopic (exact) mass is 297 g/mol. The van der Waals surface area contributed by atoms with Crippen molar-refractivity contribution in [3.05, 3.63) is 64.4 Å². The molecule has 1 atom stereocenters. The molecule has 1 N–H and O–H groups in total. The predicted molar refractivity (Wildman–Crippen MR) is 73.5 cm³/mol. The molecule has 106 valence electrons. The molecule has 0 aliphatic heterocycles. The van der Waals surface area contributed by atoms with Crippen LogP contribution in [0.2, 0.25) is 5.02 Å². The van der Waals surface area contributed by atoms with Gasteiger partial charge in [0.15, 0.2) is 0 Å². The Morgan fingerprint density at radius 2 is 2.00 bits per heavy atom. The minimum Gasteiger partial charge on any atom is -0.383 e. The Kier molecular flexibility index (Phi) is 4.35. The van der Waals surface area contributed by atoms with Gasteiger partial charge < -0.3 is 5.11 Å². The standard InChI is InChI=1S/C15H14ClF2NO/c1-2-15(20,14-6-4-12(17)9-19-14)8-10-7-11(16)3-5-13(10)18/h3-7,9,20H,2,8H2,1H3. The van der Waals surface area contributed by atoms with Crippen molar-refractivity contribution in [2.24, 2.45) is 0 Å². The normalized spacial score (nSPS) is 14.1. The van der Waals surface area contributed by atoms with Crippen LogP contribution in [0.3, 0.4) is 0 Å². The topological polar surface area (TPSA) is 33.1 Å². The molecule has 0 fully saturated rings. The van der Waals surface area contributed by atoms with Gasteiger partial charge in [0.25, 0.3) is 0 Å². The average Bonchev–Trinajstić information content (AvgIpc) is 2.43. The molecule has 0 saturated carbocycles. The van der Waals surface area contributed by atoms with E-state index in [4.69, 9.17) is 11.6 Å². The summed E-state index contributed by atoms with van der Waals surface area (Å²) in [4.78, 5) is 3.89. The second-order valence-corrected chi connectivity index (χ2v) is 5.10. The smallest absolute Gasteiger partial charge is 0.141 e. The van der Waals surface area contributed by atoms with E-state index >= 15 is 0 Å². The quantitative estimate of drug-likeness (QED) is 0.930. The predicted octanol–water partition coefficient (Wildman–Crippen LogP) is 3.85. The van der Waals surface area contributed by atoms with Crippen molar-refractivity contribution < 1.29 is 13.9 Å². The molecule has 0 aliphatic carbocycles. The first-order valence-corrected chi connectivity index (χ1v) is 6.61. The molecular formula is C15H14ClF2NO. The van der Waals surface area contributed by atoms with Crippen LogP contribution in [0.1, 0.15) is 24.6 Å². The number of aliphatic hydroxyl groups is 1. The average molecular weight is 298 g/mol. The molecular weight excluding hydrogens is 284 g/mol. The Labute approximate surface area is 121 Å². The van der Waals surface area contributed by atoms with Gasteiger partial charge in [-0.3, -0.25) is 4.98 Å². The summed E-state index contributed by atoms with van der Waals surface area (Å²) in [5.41, 5.74) is -0.757. The minimum absolute atomic E-state index is 0.0223. The van der Waals surface area contributed by atoms with E-state index in [9.17, 15) is 13.9 Å². The third-order valence-corrected chi connectivity index (χ3v) is 3.51. The Balaban J connectivity index is 2.36. The highest BCUT2D eigenvalue weighted by atomic mass is 35.5. The second kappa shape index (κ2) is 5.85. The number of hydrogen-bond donors (Lipinski definition) is 1. The summed E-state index contributed by atoms with van der Waals surface area (Å²) in [7, 11) is 0. The molecule has 1 unspecified atom stereocenters. The molecule has 0 aliphatic rings. The van der Waals surface area contributed by atoms with Gasteiger partial charge in [0.2, 0.25) is 0 Å². The number of halogens is 3. The molecule has 0 radical (unpaired) electrons. The van der Waals surface area contributed by atoms with Crippen molar-refractivity contribution in [3.63, 3.8) is 0 Å². The first kappa shape index (κ1) is 14.9. The van der Waals surface area contributed by atoms with E-state index in [0.717, 1.165) is 6.20 Å². The highest BCUT2D eigenvalue weighted by Gasteiger charge is 2.30. The maximum Gasteiger partial charge on any atom is 0.141 e. The Morgan fingerprint density at radius 3 is 2.60 bits per heavy atom. The van der Waals surface area contributed by atoms with Crippen molar-refractivity contribution in [2.45, 2.75) is 25.4 Å². The van der Waals surface area contributed by atoms with E-state index in [2.05, 4.69) is 4.98 Å². The van der Waals surface area contributed by atoms with E-state index in [0.29, 0.717) is 22.7 Å². The summed E-state index contributed by atoms with van der Waals surface area (Å²) >= 11 is 5.84.